The second-order valence-electron chi connectivity index (χ2n) is 3.53. The van der Waals surface area contributed by atoms with E-state index in [4.69, 9.17) is 4.55 Å². The van der Waals surface area contributed by atoms with Crippen molar-refractivity contribution in [2.45, 2.75) is 13.2 Å². The highest BCUT2D eigenvalue weighted by Crippen LogP contribution is 2.01. The van der Waals surface area contributed by atoms with Crippen LogP contribution in [-0.2, 0) is 24.4 Å². The minimum Gasteiger partial charge on any atom is -0.264 e. The second kappa shape index (κ2) is 7.72. The van der Waals surface area contributed by atoms with E-state index in [1.165, 1.54) is 0 Å². The fourth-order valence-electron chi connectivity index (χ4n) is 1.16. The van der Waals surface area contributed by atoms with Crippen LogP contribution < -0.4 is 0 Å². The van der Waals surface area contributed by atoms with Crippen LogP contribution in [0.5, 0.6) is 0 Å². The highest BCUT2D eigenvalue weighted by atomic mass is 32.3. The topological polar surface area (TPSA) is 97.7 Å². The molecule has 0 unspecified atom stereocenters. The zero-order valence-electron chi connectivity index (χ0n) is 10.2. The Labute approximate surface area is 109 Å². The maximum Gasteiger partial charge on any atom is 0.397 e. The highest BCUT2D eigenvalue weighted by Gasteiger charge is 2.12. The van der Waals surface area contributed by atoms with E-state index in [2.05, 4.69) is 10.8 Å². The van der Waals surface area contributed by atoms with Crippen molar-refractivity contribution in [2.24, 2.45) is 0 Å². The van der Waals surface area contributed by atoms with Crippen molar-refractivity contribution in [1.82, 2.24) is 0 Å². The van der Waals surface area contributed by atoms with E-state index in [0.29, 0.717) is 6.42 Å². The molecule has 0 aromatic carbocycles. The van der Waals surface area contributed by atoms with Gasteiger partial charge in [-0.3, -0.25) is 4.55 Å². The monoisotopic (exact) mass is 296 g/mol. The van der Waals surface area contributed by atoms with Gasteiger partial charge in [-0.15, -0.1) is 0 Å². The van der Waals surface area contributed by atoms with Gasteiger partial charge in [0.25, 0.3) is 0 Å². The smallest absolute Gasteiger partial charge is 0.264 e. The second-order valence-corrected chi connectivity index (χ2v) is 6.92. The normalized spacial score (nSPS) is 13.3. The largest absolute Gasteiger partial charge is 0.397 e. The molecule has 0 amide bonds. The van der Waals surface area contributed by atoms with Gasteiger partial charge < -0.3 is 0 Å². The zero-order valence-corrected chi connectivity index (χ0v) is 11.8. The first-order valence-corrected chi connectivity index (χ1v) is 8.52. The SMILES string of the molecule is C=C/C(BC)=C\CCS(=O)(=O)CCOS(=O)(=O)O. The molecule has 0 fully saturated rings. The third kappa shape index (κ3) is 9.40. The van der Waals surface area contributed by atoms with Gasteiger partial charge in [0.05, 0.1) is 18.1 Å². The average Bonchev–Trinajstić information content (AvgIpc) is 2.22. The van der Waals surface area contributed by atoms with Crippen LogP contribution in [-0.4, -0.2) is 46.8 Å². The summed E-state index contributed by atoms with van der Waals surface area (Å²) in [5.41, 5.74) is 0.958. The summed E-state index contributed by atoms with van der Waals surface area (Å²) < 4.78 is 55.6. The Morgan fingerprint density at radius 3 is 2.39 bits per heavy atom. The molecule has 0 aromatic heterocycles. The Morgan fingerprint density at radius 1 is 1.33 bits per heavy atom. The zero-order chi connectivity index (χ0) is 14.2. The van der Waals surface area contributed by atoms with Gasteiger partial charge in [0, 0.05) is 0 Å². The molecule has 0 heterocycles. The van der Waals surface area contributed by atoms with Crippen molar-refractivity contribution < 1.29 is 25.6 Å². The standard InChI is InChI=1S/C9H17BO6S2/c1-3-9(10-2)5-4-7-17(11,12)8-6-16-18(13,14)15/h3,5,10H,1,4,6-8H2,2H3,(H,13,14,15)/b9-5+. The summed E-state index contributed by atoms with van der Waals surface area (Å²) in [7, 11) is -7.20. The molecule has 0 aromatic rings. The van der Waals surface area contributed by atoms with E-state index < -0.39 is 32.6 Å². The molecule has 6 nitrogen and oxygen atoms in total. The third-order valence-corrected chi connectivity index (χ3v) is 4.24. The van der Waals surface area contributed by atoms with Gasteiger partial charge in [0.1, 0.15) is 0 Å². The summed E-state index contributed by atoms with van der Waals surface area (Å²) in [6.45, 7) is 4.95. The van der Waals surface area contributed by atoms with Crippen LogP contribution in [0.4, 0.5) is 0 Å². The molecular formula is C9H17BO6S2. The fraction of sp³-hybridized carbons (Fsp3) is 0.556. The molecule has 0 atom stereocenters. The predicted octanol–water partition coefficient (Wildman–Crippen LogP) is 0.165. The van der Waals surface area contributed by atoms with E-state index >= 15 is 0 Å². The lowest BCUT2D eigenvalue weighted by molar-refractivity contribution is 0.284. The first kappa shape index (κ1) is 17.4. The Bertz CT molecular complexity index is 491. The molecule has 0 aliphatic carbocycles. The van der Waals surface area contributed by atoms with Crippen molar-refractivity contribution in [3.8, 4) is 0 Å². The number of rotatable bonds is 9. The van der Waals surface area contributed by atoms with Crippen molar-refractivity contribution in [3.05, 3.63) is 24.2 Å². The molecule has 0 saturated carbocycles. The minimum atomic E-state index is -4.58. The van der Waals surface area contributed by atoms with Crippen LogP contribution in [0.25, 0.3) is 0 Å². The summed E-state index contributed by atoms with van der Waals surface area (Å²) in [6, 6.07) is 0. The Balaban J connectivity index is 4.17. The fourth-order valence-corrected chi connectivity index (χ4v) is 2.58. The molecule has 0 saturated heterocycles. The van der Waals surface area contributed by atoms with E-state index in [1.54, 1.807) is 12.2 Å². The molecule has 0 rings (SSSR count). The number of hydrogen-bond donors (Lipinski definition) is 1. The van der Waals surface area contributed by atoms with Gasteiger partial charge in [-0.05, 0) is 6.42 Å². The first-order valence-electron chi connectivity index (χ1n) is 5.34. The number of hydrogen-bond acceptors (Lipinski definition) is 5. The molecule has 0 radical (unpaired) electrons. The predicted molar refractivity (Wildman–Crippen MR) is 72.1 cm³/mol. The Morgan fingerprint density at radius 2 is 1.94 bits per heavy atom. The molecule has 0 spiro atoms. The van der Waals surface area contributed by atoms with Crippen LogP contribution in [0.2, 0.25) is 6.82 Å². The molecule has 1 N–H and O–H groups in total. The van der Waals surface area contributed by atoms with Crippen LogP contribution >= 0.6 is 0 Å². The van der Waals surface area contributed by atoms with Crippen molar-refractivity contribution in [2.75, 3.05) is 18.1 Å². The van der Waals surface area contributed by atoms with Crippen LogP contribution in [0.3, 0.4) is 0 Å². The molecule has 104 valence electrons. The quantitative estimate of drug-likeness (QED) is 0.370. The Kier molecular flexibility index (Phi) is 7.45. The van der Waals surface area contributed by atoms with Crippen LogP contribution in [0, 0.1) is 0 Å². The lowest BCUT2D eigenvalue weighted by Crippen LogP contribution is -2.17. The summed E-state index contributed by atoms with van der Waals surface area (Å²) in [5.74, 6) is -0.546. The summed E-state index contributed by atoms with van der Waals surface area (Å²) in [5, 5.41) is 0. The van der Waals surface area contributed by atoms with Gasteiger partial charge in [-0.25, -0.2) is 12.6 Å². The molecule has 0 aliphatic heterocycles. The van der Waals surface area contributed by atoms with Crippen LogP contribution in [0.15, 0.2) is 24.2 Å². The lowest BCUT2D eigenvalue weighted by Gasteiger charge is -2.02. The summed E-state index contributed by atoms with van der Waals surface area (Å²) in [4.78, 5) is 0. The maximum absolute atomic E-state index is 11.5. The first-order chi connectivity index (χ1) is 8.20. The van der Waals surface area contributed by atoms with E-state index in [1.807, 2.05) is 6.82 Å². The molecule has 18 heavy (non-hydrogen) atoms. The average molecular weight is 296 g/mol. The minimum absolute atomic E-state index is 0.0980. The number of allylic oxidation sites excluding steroid dienone is 3. The van der Waals surface area contributed by atoms with Gasteiger partial charge in [0.2, 0.25) is 0 Å². The Hall–Kier alpha value is -0.635. The van der Waals surface area contributed by atoms with Gasteiger partial charge in [0.15, 0.2) is 17.1 Å². The van der Waals surface area contributed by atoms with Crippen molar-refractivity contribution in [1.29, 1.82) is 0 Å². The number of sulfone groups is 1. The third-order valence-electron chi connectivity index (χ3n) is 2.13. The molecular weight excluding hydrogens is 279 g/mol. The van der Waals surface area contributed by atoms with E-state index in [-0.39, 0.29) is 5.75 Å². The lowest BCUT2D eigenvalue weighted by atomic mass is 9.72. The molecule has 0 bridgehead atoms. The van der Waals surface area contributed by atoms with Gasteiger partial charge in [-0.1, -0.05) is 31.0 Å². The molecule has 0 aliphatic rings. The van der Waals surface area contributed by atoms with Gasteiger partial charge in [-0.2, -0.15) is 8.42 Å². The van der Waals surface area contributed by atoms with Crippen molar-refractivity contribution >= 4 is 27.5 Å². The maximum atomic E-state index is 11.5. The van der Waals surface area contributed by atoms with E-state index in [9.17, 15) is 16.8 Å². The highest BCUT2D eigenvalue weighted by molar-refractivity contribution is 7.91. The van der Waals surface area contributed by atoms with Crippen LogP contribution in [0.1, 0.15) is 6.42 Å². The van der Waals surface area contributed by atoms with Gasteiger partial charge >= 0.3 is 10.4 Å². The van der Waals surface area contributed by atoms with E-state index in [0.717, 1.165) is 12.8 Å². The molecule has 9 heteroatoms. The summed E-state index contributed by atoms with van der Waals surface area (Å²) in [6.07, 6.45) is 3.77. The van der Waals surface area contributed by atoms with Crippen molar-refractivity contribution in [3.63, 3.8) is 0 Å². The summed E-state index contributed by atoms with van der Waals surface area (Å²) >= 11 is 0.